The molecule has 2 heterocycles. The zero-order valence-electron chi connectivity index (χ0n) is 18.0. The van der Waals surface area contributed by atoms with Gasteiger partial charge in [-0.1, -0.05) is 37.5 Å². The van der Waals surface area contributed by atoms with Crippen molar-refractivity contribution in [2.75, 3.05) is 19.6 Å². The van der Waals surface area contributed by atoms with Crippen molar-refractivity contribution in [3.63, 3.8) is 0 Å². The van der Waals surface area contributed by atoms with E-state index in [0.29, 0.717) is 5.56 Å². The highest BCUT2D eigenvalue weighted by Crippen LogP contribution is 2.26. The quantitative estimate of drug-likeness (QED) is 0.698. The summed E-state index contributed by atoms with van der Waals surface area (Å²) < 4.78 is 30.8. The summed E-state index contributed by atoms with van der Waals surface area (Å²) in [5.74, 6) is 0.353. The van der Waals surface area contributed by atoms with Gasteiger partial charge in [-0.25, -0.2) is 8.42 Å². The van der Waals surface area contributed by atoms with Crippen LogP contribution in [0.2, 0.25) is 0 Å². The number of carbonyl (C=O) groups excluding carboxylic acids is 1. The van der Waals surface area contributed by atoms with Crippen molar-refractivity contribution in [3.05, 3.63) is 54.0 Å². The van der Waals surface area contributed by atoms with Crippen LogP contribution in [0.15, 0.2) is 52.0 Å². The summed E-state index contributed by atoms with van der Waals surface area (Å²) in [5, 5.41) is 3.06. The molecule has 0 radical (unpaired) electrons. The molecule has 2 aromatic rings. The van der Waals surface area contributed by atoms with Gasteiger partial charge in [-0.3, -0.25) is 4.79 Å². The third kappa shape index (κ3) is 5.77. The molecule has 2 fully saturated rings. The Hall–Kier alpha value is -2.12. The summed E-state index contributed by atoms with van der Waals surface area (Å²) >= 11 is 0. The van der Waals surface area contributed by atoms with Gasteiger partial charge in [-0.2, -0.15) is 0 Å². The summed E-state index contributed by atoms with van der Waals surface area (Å²) in [6.07, 6.45) is 10.0. The second-order valence-corrected chi connectivity index (χ2v) is 10.9. The predicted octanol–water partition coefficient (Wildman–Crippen LogP) is 4.03. The molecule has 0 atom stereocenters. The van der Waals surface area contributed by atoms with Crippen molar-refractivity contribution in [2.45, 2.75) is 61.6 Å². The number of rotatable bonds is 7. The molecule has 31 heavy (non-hydrogen) atoms. The van der Waals surface area contributed by atoms with Gasteiger partial charge in [0.25, 0.3) is 5.91 Å². The Morgan fingerprint density at radius 2 is 1.71 bits per heavy atom. The fraction of sp³-hybridized carbons (Fsp3) is 0.542. The van der Waals surface area contributed by atoms with Crippen LogP contribution < -0.4 is 5.32 Å². The molecule has 6 nitrogen and oxygen atoms in total. The van der Waals surface area contributed by atoms with Gasteiger partial charge in [0.2, 0.25) is 0 Å². The van der Waals surface area contributed by atoms with Crippen LogP contribution in [0.1, 0.15) is 61.1 Å². The lowest BCUT2D eigenvalue weighted by Crippen LogP contribution is -2.46. The first-order valence-electron chi connectivity index (χ1n) is 11.4. The third-order valence-electron chi connectivity index (χ3n) is 6.56. The molecule has 4 rings (SSSR count). The normalized spacial score (nSPS) is 19.4. The molecule has 0 spiro atoms. The summed E-state index contributed by atoms with van der Waals surface area (Å²) in [6, 6.07) is 9.96. The lowest BCUT2D eigenvalue weighted by atomic mass is 9.88. The van der Waals surface area contributed by atoms with Crippen LogP contribution in [0, 0.1) is 5.92 Å². The zero-order chi connectivity index (χ0) is 21.7. The Balaban J connectivity index is 1.30. The molecule has 0 bridgehead atoms. The SMILES string of the molecule is O=C(NC1CCN(CC2CCCCC2)CC1)c1occc1CS(=O)(=O)c1ccccc1. The van der Waals surface area contributed by atoms with Crippen LogP contribution in [0.4, 0.5) is 0 Å². The van der Waals surface area contributed by atoms with E-state index >= 15 is 0 Å². The van der Waals surface area contributed by atoms with Crippen LogP contribution in [-0.4, -0.2) is 44.9 Å². The Bertz CT molecular complexity index is 956. The van der Waals surface area contributed by atoms with E-state index in [4.69, 9.17) is 4.42 Å². The van der Waals surface area contributed by atoms with E-state index < -0.39 is 9.84 Å². The van der Waals surface area contributed by atoms with E-state index in [2.05, 4.69) is 10.2 Å². The number of amides is 1. The van der Waals surface area contributed by atoms with Crippen LogP contribution in [0.25, 0.3) is 0 Å². The van der Waals surface area contributed by atoms with Crippen molar-refractivity contribution < 1.29 is 17.6 Å². The summed E-state index contributed by atoms with van der Waals surface area (Å²) in [5.41, 5.74) is 0.399. The first-order chi connectivity index (χ1) is 15.0. The number of hydrogen-bond donors (Lipinski definition) is 1. The molecule has 1 aromatic heterocycles. The summed E-state index contributed by atoms with van der Waals surface area (Å²) in [4.78, 5) is 15.6. The second-order valence-electron chi connectivity index (χ2n) is 8.90. The standard InChI is InChI=1S/C24H32N2O4S/c27-24(25-21-11-14-26(15-12-21)17-19-7-3-1-4-8-19)23-20(13-16-30-23)18-31(28,29)22-9-5-2-6-10-22/h2,5-6,9-10,13,16,19,21H,1,3-4,7-8,11-12,14-15,17-18H2,(H,25,27). The van der Waals surface area contributed by atoms with Crippen molar-refractivity contribution in [2.24, 2.45) is 5.92 Å². The highest BCUT2D eigenvalue weighted by atomic mass is 32.2. The first kappa shape index (κ1) is 22.1. The van der Waals surface area contributed by atoms with Gasteiger partial charge in [0, 0.05) is 31.2 Å². The van der Waals surface area contributed by atoms with Crippen molar-refractivity contribution in [3.8, 4) is 0 Å². The van der Waals surface area contributed by atoms with Gasteiger partial charge in [-0.15, -0.1) is 0 Å². The van der Waals surface area contributed by atoms with Crippen LogP contribution in [0.5, 0.6) is 0 Å². The average Bonchev–Trinajstić information content (AvgIpc) is 3.24. The van der Waals surface area contributed by atoms with Gasteiger partial charge in [0.05, 0.1) is 16.9 Å². The summed E-state index contributed by atoms with van der Waals surface area (Å²) in [7, 11) is -3.54. The van der Waals surface area contributed by atoms with Gasteiger partial charge in [-0.05, 0) is 49.8 Å². The predicted molar refractivity (Wildman–Crippen MR) is 120 cm³/mol. The molecule has 1 aliphatic heterocycles. The molecule has 0 unspecified atom stereocenters. The maximum Gasteiger partial charge on any atom is 0.287 e. The number of nitrogens with zero attached hydrogens (tertiary/aromatic N) is 1. The van der Waals surface area contributed by atoms with E-state index in [0.717, 1.165) is 31.8 Å². The molecular weight excluding hydrogens is 412 g/mol. The van der Waals surface area contributed by atoms with Crippen molar-refractivity contribution in [1.82, 2.24) is 10.2 Å². The maximum absolute atomic E-state index is 12.8. The second kappa shape index (κ2) is 10.0. The van der Waals surface area contributed by atoms with E-state index in [1.54, 1.807) is 36.4 Å². The number of hydrogen-bond acceptors (Lipinski definition) is 5. The Morgan fingerprint density at radius 3 is 2.42 bits per heavy atom. The molecular formula is C24H32N2O4S. The van der Waals surface area contributed by atoms with Crippen LogP contribution in [-0.2, 0) is 15.6 Å². The highest BCUT2D eigenvalue weighted by molar-refractivity contribution is 7.90. The average molecular weight is 445 g/mol. The fourth-order valence-electron chi connectivity index (χ4n) is 4.81. The Labute approximate surface area is 184 Å². The third-order valence-corrected chi connectivity index (χ3v) is 8.25. The molecule has 1 aliphatic carbocycles. The smallest absolute Gasteiger partial charge is 0.287 e. The van der Waals surface area contributed by atoms with E-state index in [-0.39, 0.29) is 28.4 Å². The van der Waals surface area contributed by atoms with E-state index in [1.165, 1.54) is 44.9 Å². The molecule has 1 aromatic carbocycles. The number of sulfone groups is 1. The van der Waals surface area contributed by atoms with E-state index in [1.807, 2.05) is 0 Å². The largest absolute Gasteiger partial charge is 0.459 e. The van der Waals surface area contributed by atoms with Gasteiger partial charge in [0.1, 0.15) is 0 Å². The monoisotopic (exact) mass is 444 g/mol. The number of benzene rings is 1. The van der Waals surface area contributed by atoms with Crippen LogP contribution >= 0.6 is 0 Å². The highest BCUT2D eigenvalue weighted by Gasteiger charge is 2.27. The molecule has 1 N–H and O–H groups in total. The van der Waals surface area contributed by atoms with Gasteiger partial charge in [0.15, 0.2) is 15.6 Å². The van der Waals surface area contributed by atoms with Gasteiger partial charge < -0.3 is 14.6 Å². The molecule has 2 aliphatic rings. The maximum atomic E-state index is 12.8. The zero-order valence-corrected chi connectivity index (χ0v) is 18.8. The van der Waals surface area contributed by atoms with Gasteiger partial charge >= 0.3 is 0 Å². The Morgan fingerprint density at radius 1 is 1.00 bits per heavy atom. The molecule has 1 saturated carbocycles. The Kier molecular flexibility index (Phi) is 7.13. The minimum Gasteiger partial charge on any atom is -0.459 e. The topological polar surface area (TPSA) is 79.6 Å². The molecule has 1 saturated heterocycles. The van der Waals surface area contributed by atoms with E-state index in [9.17, 15) is 13.2 Å². The minimum absolute atomic E-state index is 0.0961. The lowest BCUT2D eigenvalue weighted by Gasteiger charge is -2.35. The number of likely N-dealkylation sites (tertiary alicyclic amines) is 1. The molecule has 168 valence electrons. The van der Waals surface area contributed by atoms with Crippen molar-refractivity contribution in [1.29, 1.82) is 0 Å². The number of furan rings is 1. The minimum atomic E-state index is -3.54. The molecule has 7 heteroatoms. The molecule has 1 amide bonds. The van der Waals surface area contributed by atoms with Crippen molar-refractivity contribution >= 4 is 15.7 Å². The number of nitrogens with one attached hydrogen (secondary N) is 1. The lowest BCUT2D eigenvalue weighted by molar-refractivity contribution is 0.0873. The van der Waals surface area contributed by atoms with Crippen LogP contribution in [0.3, 0.4) is 0 Å². The fourth-order valence-corrected chi connectivity index (χ4v) is 6.19. The number of piperidine rings is 1. The summed E-state index contributed by atoms with van der Waals surface area (Å²) in [6.45, 7) is 3.17. The first-order valence-corrected chi connectivity index (χ1v) is 13.0. The number of carbonyl (C=O) groups is 1.